The van der Waals surface area contributed by atoms with E-state index in [2.05, 4.69) is 10.1 Å². The van der Waals surface area contributed by atoms with Crippen LogP contribution in [0.1, 0.15) is 5.82 Å². The molecule has 18 heavy (non-hydrogen) atoms. The summed E-state index contributed by atoms with van der Waals surface area (Å²) in [5, 5.41) is 4.00. The van der Waals surface area contributed by atoms with Crippen molar-refractivity contribution in [2.75, 3.05) is 5.75 Å². The number of aromatic nitrogens is 3. The first-order valence-electron chi connectivity index (χ1n) is 5.62. The van der Waals surface area contributed by atoms with Crippen LogP contribution in [-0.2, 0) is 13.5 Å². The van der Waals surface area contributed by atoms with E-state index < -0.39 is 0 Å². The third-order valence-electron chi connectivity index (χ3n) is 2.53. The number of halogens is 1. The molecule has 0 aliphatic rings. The SMILES string of the molecule is Cn1ncnc1CC(N)CSc1ccc(F)cc1. The van der Waals surface area contributed by atoms with Gasteiger partial charge in [-0.05, 0) is 24.3 Å². The minimum atomic E-state index is -0.220. The Morgan fingerprint density at radius 1 is 1.39 bits per heavy atom. The van der Waals surface area contributed by atoms with Crippen LogP contribution in [0.2, 0.25) is 0 Å². The van der Waals surface area contributed by atoms with Crippen molar-refractivity contribution in [2.24, 2.45) is 12.8 Å². The molecule has 0 saturated carbocycles. The number of nitrogens with two attached hydrogens (primary N) is 1. The molecule has 0 amide bonds. The van der Waals surface area contributed by atoms with Crippen LogP contribution >= 0.6 is 11.8 Å². The third kappa shape index (κ3) is 3.54. The Kier molecular flexibility index (Phi) is 4.33. The van der Waals surface area contributed by atoms with Crippen LogP contribution in [0.4, 0.5) is 4.39 Å². The molecule has 0 fully saturated rings. The molecule has 0 radical (unpaired) electrons. The predicted molar refractivity (Wildman–Crippen MR) is 69.8 cm³/mol. The molecule has 1 atom stereocenters. The van der Waals surface area contributed by atoms with Gasteiger partial charge in [-0.15, -0.1) is 11.8 Å². The summed E-state index contributed by atoms with van der Waals surface area (Å²) >= 11 is 1.62. The molecule has 0 saturated heterocycles. The first-order chi connectivity index (χ1) is 8.65. The van der Waals surface area contributed by atoms with Crippen molar-refractivity contribution < 1.29 is 4.39 Å². The average molecular weight is 266 g/mol. The van der Waals surface area contributed by atoms with Crippen LogP contribution < -0.4 is 5.73 Å². The number of benzene rings is 1. The van der Waals surface area contributed by atoms with Crippen molar-refractivity contribution in [2.45, 2.75) is 17.4 Å². The van der Waals surface area contributed by atoms with Gasteiger partial charge in [0, 0.05) is 30.2 Å². The first kappa shape index (κ1) is 13.0. The van der Waals surface area contributed by atoms with Gasteiger partial charge in [-0.1, -0.05) is 0 Å². The molecule has 1 unspecified atom stereocenters. The van der Waals surface area contributed by atoms with Crippen LogP contribution in [0.5, 0.6) is 0 Å². The largest absolute Gasteiger partial charge is 0.327 e. The van der Waals surface area contributed by atoms with E-state index in [0.29, 0.717) is 6.42 Å². The van der Waals surface area contributed by atoms with Crippen molar-refractivity contribution in [1.29, 1.82) is 0 Å². The Hall–Kier alpha value is -1.40. The molecule has 2 N–H and O–H groups in total. The van der Waals surface area contributed by atoms with Crippen molar-refractivity contribution in [3.63, 3.8) is 0 Å². The second kappa shape index (κ2) is 5.97. The van der Waals surface area contributed by atoms with Crippen LogP contribution in [-0.4, -0.2) is 26.6 Å². The second-order valence-corrected chi connectivity index (χ2v) is 5.12. The molecule has 1 aromatic heterocycles. The second-order valence-electron chi connectivity index (χ2n) is 4.03. The van der Waals surface area contributed by atoms with Crippen LogP contribution in [0.25, 0.3) is 0 Å². The van der Waals surface area contributed by atoms with Crippen molar-refractivity contribution >= 4 is 11.8 Å². The molecular weight excluding hydrogens is 251 g/mol. The fraction of sp³-hybridized carbons (Fsp3) is 0.333. The van der Waals surface area contributed by atoms with E-state index in [1.807, 2.05) is 7.05 Å². The molecule has 1 aromatic carbocycles. The molecule has 0 aliphatic carbocycles. The highest BCUT2D eigenvalue weighted by Crippen LogP contribution is 2.19. The highest BCUT2D eigenvalue weighted by molar-refractivity contribution is 7.99. The number of rotatable bonds is 5. The standard InChI is InChI=1S/C12H15FN4S/c1-17-12(15-8-16-17)6-10(14)7-18-11-4-2-9(13)3-5-11/h2-5,8,10H,6-7,14H2,1H3. The number of hydrogen-bond donors (Lipinski definition) is 1. The molecule has 0 aliphatic heterocycles. The maximum absolute atomic E-state index is 12.7. The Balaban J connectivity index is 1.83. The van der Waals surface area contributed by atoms with Crippen LogP contribution in [0.3, 0.4) is 0 Å². The smallest absolute Gasteiger partial charge is 0.138 e. The highest BCUT2D eigenvalue weighted by atomic mass is 32.2. The topological polar surface area (TPSA) is 56.7 Å². The van der Waals surface area contributed by atoms with Gasteiger partial charge in [0.2, 0.25) is 0 Å². The number of thioether (sulfide) groups is 1. The fourth-order valence-corrected chi connectivity index (χ4v) is 2.39. The van der Waals surface area contributed by atoms with Gasteiger partial charge >= 0.3 is 0 Å². The lowest BCUT2D eigenvalue weighted by atomic mass is 10.2. The van der Waals surface area contributed by atoms with Crippen LogP contribution in [0, 0.1) is 5.82 Å². The van der Waals surface area contributed by atoms with Gasteiger partial charge in [0.15, 0.2) is 0 Å². The summed E-state index contributed by atoms with van der Waals surface area (Å²) in [4.78, 5) is 5.15. The van der Waals surface area contributed by atoms with E-state index in [1.165, 1.54) is 18.5 Å². The quantitative estimate of drug-likeness (QED) is 0.835. The summed E-state index contributed by atoms with van der Waals surface area (Å²) in [7, 11) is 1.85. The number of aryl methyl sites for hydroxylation is 1. The van der Waals surface area contributed by atoms with E-state index in [9.17, 15) is 4.39 Å². The van der Waals surface area contributed by atoms with Gasteiger partial charge in [-0.2, -0.15) is 5.10 Å². The molecular formula is C12H15FN4S. The van der Waals surface area contributed by atoms with E-state index in [1.54, 1.807) is 28.6 Å². The molecule has 0 spiro atoms. The summed E-state index contributed by atoms with van der Waals surface area (Å²) in [6, 6.07) is 6.43. The van der Waals surface area contributed by atoms with E-state index in [4.69, 9.17) is 5.73 Å². The summed E-state index contributed by atoms with van der Waals surface area (Å²) in [6.07, 6.45) is 2.21. The predicted octanol–water partition coefficient (Wildman–Crippen LogP) is 1.62. The van der Waals surface area contributed by atoms with Gasteiger partial charge in [-0.3, -0.25) is 4.68 Å². The summed E-state index contributed by atoms with van der Waals surface area (Å²) in [5.41, 5.74) is 6.04. The molecule has 4 nitrogen and oxygen atoms in total. The Morgan fingerprint density at radius 3 is 2.72 bits per heavy atom. The number of hydrogen-bond acceptors (Lipinski definition) is 4. The van der Waals surface area contributed by atoms with E-state index >= 15 is 0 Å². The first-order valence-corrected chi connectivity index (χ1v) is 6.60. The monoisotopic (exact) mass is 266 g/mol. The maximum atomic E-state index is 12.7. The minimum absolute atomic E-state index is 0.00273. The highest BCUT2D eigenvalue weighted by Gasteiger charge is 2.09. The summed E-state index contributed by atoms with van der Waals surface area (Å²) < 4.78 is 14.5. The molecule has 96 valence electrons. The molecule has 2 aromatic rings. The molecule has 6 heteroatoms. The van der Waals surface area contributed by atoms with Gasteiger partial charge in [-0.25, -0.2) is 9.37 Å². The van der Waals surface area contributed by atoms with E-state index in [0.717, 1.165) is 16.5 Å². The zero-order chi connectivity index (χ0) is 13.0. The van der Waals surface area contributed by atoms with Crippen molar-refractivity contribution in [1.82, 2.24) is 14.8 Å². The van der Waals surface area contributed by atoms with Gasteiger partial charge < -0.3 is 5.73 Å². The lowest BCUT2D eigenvalue weighted by molar-refractivity contribution is 0.626. The third-order valence-corrected chi connectivity index (χ3v) is 3.73. The van der Waals surface area contributed by atoms with Gasteiger partial charge in [0.05, 0.1) is 0 Å². The zero-order valence-corrected chi connectivity index (χ0v) is 10.9. The normalized spacial score (nSPS) is 12.6. The zero-order valence-electron chi connectivity index (χ0n) is 10.1. The minimum Gasteiger partial charge on any atom is -0.327 e. The summed E-state index contributed by atoms with van der Waals surface area (Å²) in [6.45, 7) is 0. The van der Waals surface area contributed by atoms with Gasteiger partial charge in [0.1, 0.15) is 18.0 Å². The Labute approximate surface area is 109 Å². The van der Waals surface area contributed by atoms with E-state index in [-0.39, 0.29) is 11.9 Å². The van der Waals surface area contributed by atoms with Crippen LogP contribution in [0.15, 0.2) is 35.5 Å². The summed E-state index contributed by atoms with van der Waals surface area (Å²) in [5.74, 6) is 1.42. The fourth-order valence-electron chi connectivity index (χ4n) is 1.53. The maximum Gasteiger partial charge on any atom is 0.138 e. The lowest BCUT2D eigenvalue weighted by Gasteiger charge is -2.10. The molecule has 1 heterocycles. The Morgan fingerprint density at radius 2 is 2.11 bits per heavy atom. The number of nitrogens with zero attached hydrogens (tertiary/aromatic N) is 3. The Bertz CT molecular complexity index is 497. The van der Waals surface area contributed by atoms with Gasteiger partial charge in [0.25, 0.3) is 0 Å². The molecule has 0 bridgehead atoms. The lowest BCUT2D eigenvalue weighted by Crippen LogP contribution is -2.27. The van der Waals surface area contributed by atoms with Crippen molar-refractivity contribution in [3.05, 3.63) is 42.2 Å². The average Bonchev–Trinajstić information content (AvgIpc) is 2.74. The molecule has 2 rings (SSSR count). The van der Waals surface area contributed by atoms with Crippen molar-refractivity contribution in [3.8, 4) is 0 Å².